The Morgan fingerprint density at radius 1 is 0.953 bits per heavy atom. The van der Waals surface area contributed by atoms with Crippen LogP contribution in [0.25, 0.3) is 0 Å². The van der Waals surface area contributed by atoms with Crippen LogP contribution in [0, 0.1) is 24.5 Å². The molecule has 1 saturated carbocycles. The largest absolute Gasteiger partial charge is 0.460 e. The smallest absolute Gasteiger partial charge is 0.310 e. The number of halogens is 7. The number of aryl methyl sites for hydroxylation is 1. The first-order valence-corrected chi connectivity index (χ1v) is 14.7. The van der Waals surface area contributed by atoms with E-state index in [1.54, 1.807) is 45.9 Å². The van der Waals surface area contributed by atoms with E-state index in [0.29, 0.717) is 16.1 Å². The van der Waals surface area contributed by atoms with Gasteiger partial charge in [-0.05, 0) is 69.2 Å². The number of hydrogen-bond donors (Lipinski definition) is 2. The van der Waals surface area contributed by atoms with Crippen LogP contribution >= 0.6 is 58.0 Å². The van der Waals surface area contributed by atoms with Crippen molar-refractivity contribution >= 4 is 87.2 Å². The number of nitrogens with one attached hydrogen (secondary N) is 2. The molecule has 0 saturated heterocycles. The zero-order valence-corrected chi connectivity index (χ0v) is 27.0. The van der Waals surface area contributed by atoms with E-state index in [2.05, 4.69) is 10.6 Å². The van der Waals surface area contributed by atoms with Crippen LogP contribution in [0.5, 0.6) is 0 Å². The second kappa shape index (κ2) is 12.4. The Morgan fingerprint density at radius 3 is 2.26 bits per heavy atom. The molecular weight excluding hydrogens is 668 g/mol. The number of anilines is 2. The van der Waals surface area contributed by atoms with Crippen molar-refractivity contribution in [1.29, 1.82) is 0 Å². The highest BCUT2D eigenvalue weighted by Crippen LogP contribution is 2.65. The van der Waals surface area contributed by atoms with Gasteiger partial charge >= 0.3 is 5.97 Å². The molecule has 0 radical (unpaired) electrons. The van der Waals surface area contributed by atoms with Gasteiger partial charge in [-0.3, -0.25) is 14.4 Å². The summed E-state index contributed by atoms with van der Waals surface area (Å²) >= 11 is 31.3. The summed E-state index contributed by atoms with van der Waals surface area (Å²) in [6, 6.07) is 9.60. The number of rotatable bonds is 7. The van der Waals surface area contributed by atoms with Crippen molar-refractivity contribution in [2.75, 3.05) is 10.6 Å². The zero-order chi connectivity index (χ0) is 32.0. The number of amides is 2. The Labute approximate surface area is 271 Å². The lowest BCUT2D eigenvalue weighted by Crippen LogP contribution is -2.25. The molecule has 1 aliphatic rings. The third-order valence-electron chi connectivity index (χ3n) is 6.57. The van der Waals surface area contributed by atoms with Crippen LogP contribution in [0.15, 0.2) is 42.5 Å². The maximum Gasteiger partial charge on any atom is 0.310 e. The predicted molar refractivity (Wildman–Crippen MR) is 166 cm³/mol. The number of ether oxygens (including phenoxy) is 1. The lowest BCUT2D eigenvalue weighted by Gasteiger charge is -2.20. The summed E-state index contributed by atoms with van der Waals surface area (Å²) in [5, 5.41) is 5.47. The van der Waals surface area contributed by atoms with Gasteiger partial charge in [-0.15, -0.1) is 23.2 Å². The summed E-state index contributed by atoms with van der Waals surface area (Å²) in [6.45, 7) is 6.54. The number of alkyl halides is 2. The van der Waals surface area contributed by atoms with Crippen molar-refractivity contribution in [3.05, 3.63) is 91.4 Å². The minimum atomic E-state index is -1.43. The van der Waals surface area contributed by atoms with Gasteiger partial charge in [0.15, 0.2) is 5.82 Å². The first-order chi connectivity index (χ1) is 19.9. The molecule has 3 aromatic rings. The Kier molecular flexibility index (Phi) is 9.60. The SMILES string of the molecule is Cc1cc(NC(=O)[C@H]2[C@H](c3ccc(Cl)c(Cl)c3)C2(Cl)Cl)cc(C(=O)Nc2c(F)ccc(CC(=O)OC(C)(C)C)c2F)c1Cl. The molecule has 1 fully saturated rings. The summed E-state index contributed by atoms with van der Waals surface area (Å²) in [5.41, 5.74) is -0.757. The first kappa shape index (κ1) is 33.3. The highest BCUT2D eigenvalue weighted by atomic mass is 35.5. The van der Waals surface area contributed by atoms with Gasteiger partial charge in [-0.2, -0.15) is 0 Å². The Bertz CT molecular complexity index is 1640. The molecule has 0 aliphatic heterocycles. The number of carbonyl (C=O) groups is 3. The van der Waals surface area contributed by atoms with E-state index < -0.39 is 63.3 Å². The highest BCUT2D eigenvalue weighted by Gasteiger charge is 2.67. The molecular formula is C30H25Cl5F2N2O4. The van der Waals surface area contributed by atoms with Crippen molar-refractivity contribution in [3.63, 3.8) is 0 Å². The number of carbonyl (C=O) groups excluding carboxylic acids is 3. The molecule has 2 N–H and O–H groups in total. The average molecular weight is 693 g/mol. The van der Waals surface area contributed by atoms with Gasteiger partial charge in [0.2, 0.25) is 5.91 Å². The van der Waals surface area contributed by atoms with Gasteiger partial charge in [0.05, 0.1) is 33.0 Å². The normalized spacial score (nSPS) is 17.3. The van der Waals surface area contributed by atoms with Crippen molar-refractivity contribution in [3.8, 4) is 0 Å². The summed E-state index contributed by atoms with van der Waals surface area (Å²) in [5.74, 6) is -5.88. The summed E-state index contributed by atoms with van der Waals surface area (Å²) < 4.78 is 33.6. The minimum absolute atomic E-state index is 0.00892. The average Bonchev–Trinajstić information content (AvgIpc) is 3.47. The van der Waals surface area contributed by atoms with Gasteiger partial charge in [0.1, 0.15) is 21.4 Å². The molecule has 228 valence electrons. The zero-order valence-electron chi connectivity index (χ0n) is 23.2. The molecule has 1 aliphatic carbocycles. The van der Waals surface area contributed by atoms with E-state index in [1.807, 2.05) is 0 Å². The van der Waals surface area contributed by atoms with Crippen molar-refractivity contribution in [2.24, 2.45) is 5.92 Å². The Balaban J connectivity index is 1.54. The molecule has 43 heavy (non-hydrogen) atoms. The molecule has 0 spiro atoms. The van der Waals surface area contributed by atoms with Gasteiger partial charge in [-0.25, -0.2) is 8.78 Å². The molecule has 2 atom stereocenters. The molecule has 0 bridgehead atoms. The molecule has 6 nitrogen and oxygen atoms in total. The van der Waals surface area contributed by atoms with Gasteiger partial charge in [0.25, 0.3) is 5.91 Å². The van der Waals surface area contributed by atoms with Crippen LogP contribution in [0.2, 0.25) is 15.1 Å². The van der Waals surface area contributed by atoms with Crippen LogP contribution in [-0.4, -0.2) is 27.7 Å². The van der Waals surface area contributed by atoms with E-state index in [9.17, 15) is 18.8 Å². The second-order valence-electron chi connectivity index (χ2n) is 11.1. The maximum absolute atomic E-state index is 15.2. The molecule has 4 rings (SSSR count). The van der Waals surface area contributed by atoms with Gasteiger partial charge < -0.3 is 15.4 Å². The van der Waals surface area contributed by atoms with E-state index in [0.717, 1.165) is 12.1 Å². The monoisotopic (exact) mass is 690 g/mol. The first-order valence-electron chi connectivity index (χ1n) is 12.8. The summed E-state index contributed by atoms with van der Waals surface area (Å²) in [7, 11) is 0. The lowest BCUT2D eigenvalue weighted by molar-refractivity contribution is -0.154. The minimum Gasteiger partial charge on any atom is -0.460 e. The van der Waals surface area contributed by atoms with Crippen molar-refractivity contribution in [2.45, 2.75) is 50.0 Å². The van der Waals surface area contributed by atoms with Crippen molar-refractivity contribution in [1.82, 2.24) is 0 Å². The second-order valence-corrected chi connectivity index (χ2v) is 13.7. The summed E-state index contributed by atoms with van der Waals surface area (Å²) in [4.78, 5) is 38.6. The topological polar surface area (TPSA) is 84.5 Å². The molecule has 2 amide bonds. The fraction of sp³-hybridized carbons (Fsp3) is 0.300. The van der Waals surface area contributed by atoms with Gasteiger partial charge in [0, 0.05) is 17.2 Å². The number of hydrogen-bond acceptors (Lipinski definition) is 4. The van der Waals surface area contributed by atoms with E-state index in [1.165, 1.54) is 12.1 Å². The van der Waals surface area contributed by atoms with Gasteiger partial charge in [-0.1, -0.05) is 46.9 Å². The van der Waals surface area contributed by atoms with E-state index >= 15 is 4.39 Å². The Morgan fingerprint density at radius 2 is 1.63 bits per heavy atom. The van der Waals surface area contributed by atoms with Crippen LogP contribution in [-0.2, 0) is 20.7 Å². The van der Waals surface area contributed by atoms with Crippen LogP contribution in [0.1, 0.15) is 53.7 Å². The predicted octanol–water partition coefficient (Wildman–Crippen LogP) is 8.90. The third-order valence-corrected chi connectivity index (χ3v) is 8.75. The van der Waals surface area contributed by atoms with Crippen LogP contribution < -0.4 is 10.6 Å². The standard InChI is InChI=1S/C30H25Cl5F2N2O4/c1-13-9-16(38-28(42)23-22(30(23,34)35)14-5-7-18(31)19(32)10-14)12-17(24(13)33)27(41)39-26-20(36)8-6-15(25(26)37)11-21(40)43-29(2,3)4/h5-10,12,22-23H,11H2,1-4H3,(H,38,42)(H,39,41)/t22-,23+/m0/s1. The molecule has 3 aromatic carbocycles. The molecule has 0 heterocycles. The lowest BCUT2D eigenvalue weighted by atomic mass is 10.1. The summed E-state index contributed by atoms with van der Waals surface area (Å²) in [6.07, 6.45) is -0.485. The van der Waals surface area contributed by atoms with Crippen LogP contribution in [0.4, 0.5) is 20.2 Å². The Hall–Kier alpha value is -2.62. The molecule has 0 aromatic heterocycles. The van der Waals surface area contributed by atoms with Crippen molar-refractivity contribution < 1.29 is 27.9 Å². The van der Waals surface area contributed by atoms with E-state index in [-0.39, 0.29) is 26.9 Å². The number of esters is 1. The molecule has 13 heteroatoms. The highest BCUT2D eigenvalue weighted by molar-refractivity contribution is 6.53. The van der Waals surface area contributed by atoms with E-state index in [4.69, 9.17) is 62.7 Å². The fourth-order valence-electron chi connectivity index (χ4n) is 4.56. The van der Waals surface area contributed by atoms with Crippen LogP contribution in [0.3, 0.4) is 0 Å². The maximum atomic E-state index is 15.2. The fourth-order valence-corrected chi connectivity index (χ4v) is 5.89. The molecule has 0 unspecified atom stereocenters. The number of benzene rings is 3. The third kappa shape index (κ3) is 7.37. The quantitative estimate of drug-likeness (QED) is 0.191.